The van der Waals surface area contributed by atoms with Gasteiger partial charge in [-0.3, -0.25) is 4.79 Å². The van der Waals surface area contributed by atoms with Crippen LogP contribution >= 0.6 is 0 Å². The minimum Gasteiger partial charge on any atom is -0.366 e. The summed E-state index contributed by atoms with van der Waals surface area (Å²) in [6.07, 6.45) is 8.79. The molecule has 0 heterocycles. The average molecular weight is 265 g/mol. The maximum atomic E-state index is 13.5. The van der Waals surface area contributed by atoms with Gasteiger partial charge in [-0.1, -0.05) is 44.1 Å². The highest BCUT2D eigenvalue weighted by atomic mass is 19.1. The summed E-state index contributed by atoms with van der Waals surface area (Å²) in [7, 11) is 0. The second kappa shape index (κ2) is 9.31. The van der Waals surface area contributed by atoms with Crippen LogP contribution in [-0.4, -0.2) is 5.91 Å². The van der Waals surface area contributed by atoms with E-state index in [0.717, 1.165) is 24.8 Å². The Hall–Kier alpha value is -1.64. The fourth-order valence-corrected chi connectivity index (χ4v) is 1.45. The normalized spacial score (nSPS) is 14.8. The molecule has 0 aromatic carbocycles. The van der Waals surface area contributed by atoms with E-state index in [2.05, 4.69) is 0 Å². The number of amides is 1. The standard InChI is InChI=1S/C16H24FNO/c1-5-8-9-15(16(18)19)13(10-12(4)6-2)11-14(17)7-3/h7,9-11H,5-6,8H2,1-4H3,(H2,18,19)/b12-10?,13-11+,14-7+,15-9+. The van der Waals surface area contributed by atoms with Gasteiger partial charge in [0.1, 0.15) is 5.83 Å². The Bertz CT molecular complexity index is 428. The molecule has 0 saturated carbocycles. The third kappa shape index (κ3) is 6.75. The van der Waals surface area contributed by atoms with Crippen LogP contribution in [0.5, 0.6) is 0 Å². The molecular formula is C16H24FNO. The monoisotopic (exact) mass is 265 g/mol. The summed E-state index contributed by atoms with van der Waals surface area (Å²) >= 11 is 0. The van der Waals surface area contributed by atoms with Crippen molar-refractivity contribution >= 4 is 5.91 Å². The first-order valence-electron chi connectivity index (χ1n) is 6.67. The SMILES string of the molecule is C\C=C(F)/C=C(C=C(C)CC)/C(=C\CCC)C(N)=O. The number of hydrogen-bond acceptors (Lipinski definition) is 1. The van der Waals surface area contributed by atoms with E-state index in [1.54, 1.807) is 13.0 Å². The average Bonchev–Trinajstić information content (AvgIpc) is 2.38. The van der Waals surface area contributed by atoms with Crippen molar-refractivity contribution in [1.82, 2.24) is 0 Å². The van der Waals surface area contributed by atoms with Gasteiger partial charge >= 0.3 is 0 Å². The van der Waals surface area contributed by atoms with E-state index in [1.807, 2.05) is 26.8 Å². The molecule has 1 amide bonds. The Labute approximate surface area is 115 Å². The molecule has 0 aliphatic rings. The van der Waals surface area contributed by atoms with Crippen molar-refractivity contribution in [1.29, 1.82) is 0 Å². The summed E-state index contributed by atoms with van der Waals surface area (Å²) in [5.41, 5.74) is 7.38. The molecule has 0 rings (SSSR count). The highest BCUT2D eigenvalue weighted by Crippen LogP contribution is 2.19. The zero-order chi connectivity index (χ0) is 14.8. The van der Waals surface area contributed by atoms with Crippen LogP contribution in [0.15, 0.2) is 46.9 Å². The summed E-state index contributed by atoms with van der Waals surface area (Å²) < 4.78 is 13.5. The van der Waals surface area contributed by atoms with Crippen LogP contribution in [0.1, 0.15) is 47.0 Å². The lowest BCUT2D eigenvalue weighted by Crippen LogP contribution is -2.15. The van der Waals surface area contributed by atoms with E-state index in [0.29, 0.717) is 11.1 Å². The van der Waals surface area contributed by atoms with Gasteiger partial charge < -0.3 is 5.73 Å². The minimum atomic E-state index is -0.524. The number of hydrogen-bond donors (Lipinski definition) is 1. The lowest BCUT2D eigenvalue weighted by Gasteiger charge is -2.07. The van der Waals surface area contributed by atoms with Crippen LogP contribution in [-0.2, 0) is 4.79 Å². The van der Waals surface area contributed by atoms with E-state index < -0.39 is 5.91 Å². The molecule has 0 saturated heterocycles. The predicted molar refractivity (Wildman–Crippen MR) is 79.2 cm³/mol. The number of unbranched alkanes of at least 4 members (excludes halogenated alkanes) is 1. The Morgan fingerprint density at radius 1 is 1.26 bits per heavy atom. The molecule has 0 unspecified atom stereocenters. The van der Waals surface area contributed by atoms with Gasteiger partial charge in [-0.25, -0.2) is 4.39 Å². The van der Waals surface area contributed by atoms with Gasteiger partial charge in [-0.2, -0.15) is 0 Å². The zero-order valence-electron chi connectivity index (χ0n) is 12.3. The molecule has 2 N–H and O–H groups in total. The summed E-state index contributed by atoms with van der Waals surface area (Å²) in [6.45, 7) is 7.58. The number of rotatable bonds is 7. The number of allylic oxidation sites excluding steroid dienone is 6. The molecule has 0 aliphatic carbocycles. The summed E-state index contributed by atoms with van der Waals surface area (Å²) in [5, 5.41) is 0. The van der Waals surface area contributed by atoms with Crippen molar-refractivity contribution in [3.05, 3.63) is 46.9 Å². The Kier molecular flexibility index (Phi) is 8.51. The summed E-state index contributed by atoms with van der Waals surface area (Å²) in [5.74, 6) is -0.900. The second-order valence-corrected chi connectivity index (χ2v) is 4.39. The molecule has 0 bridgehead atoms. The van der Waals surface area contributed by atoms with Crippen LogP contribution in [0, 0.1) is 0 Å². The maximum Gasteiger partial charge on any atom is 0.248 e. The quantitative estimate of drug-likeness (QED) is 0.539. The first-order chi connectivity index (χ1) is 8.96. The van der Waals surface area contributed by atoms with Crippen molar-refractivity contribution in [3.63, 3.8) is 0 Å². The van der Waals surface area contributed by atoms with E-state index in [1.165, 1.54) is 12.2 Å². The molecule has 19 heavy (non-hydrogen) atoms. The van der Waals surface area contributed by atoms with Crippen molar-refractivity contribution in [2.24, 2.45) is 5.73 Å². The van der Waals surface area contributed by atoms with Crippen LogP contribution < -0.4 is 5.73 Å². The molecule has 106 valence electrons. The number of halogens is 1. The lowest BCUT2D eigenvalue weighted by atomic mass is 9.99. The topological polar surface area (TPSA) is 43.1 Å². The van der Waals surface area contributed by atoms with Crippen molar-refractivity contribution in [2.45, 2.75) is 47.0 Å². The molecular weight excluding hydrogens is 241 g/mol. The van der Waals surface area contributed by atoms with Gasteiger partial charge in [-0.15, -0.1) is 0 Å². The third-order valence-corrected chi connectivity index (χ3v) is 2.74. The van der Waals surface area contributed by atoms with Gasteiger partial charge in [0, 0.05) is 5.57 Å². The summed E-state index contributed by atoms with van der Waals surface area (Å²) in [4.78, 5) is 11.5. The Balaban J connectivity index is 5.67. The predicted octanol–water partition coefficient (Wildman–Crippen LogP) is 4.35. The first-order valence-corrected chi connectivity index (χ1v) is 6.67. The van der Waals surface area contributed by atoms with Crippen molar-refractivity contribution in [3.8, 4) is 0 Å². The van der Waals surface area contributed by atoms with E-state index in [9.17, 15) is 9.18 Å². The smallest absolute Gasteiger partial charge is 0.248 e. The van der Waals surface area contributed by atoms with Gasteiger partial charge in [0.25, 0.3) is 0 Å². The first kappa shape index (κ1) is 17.4. The largest absolute Gasteiger partial charge is 0.366 e. The number of carbonyl (C=O) groups is 1. The molecule has 2 nitrogen and oxygen atoms in total. The summed E-state index contributed by atoms with van der Waals surface area (Å²) in [6, 6.07) is 0. The third-order valence-electron chi connectivity index (χ3n) is 2.74. The van der Waals surface area contributed by atoms with Crippen LogP contribution in [0.4, 0.5) is 4.39 Å². The van der Waals surface area contributed by atoms with Crippen LogP contribution in [0.2, 0.25) is 0 Å². The minimum absolute atomic E-state index is 0.376. The molecule has 0 radical (unpaired) electrons. The van der Waals surface area contributed by atoms with Crippen molar-refractivity contribution < 1.29 is 9.18 Å². The Morgan fingerprint density at radius 3 is 2.32 bits per heavy atom. The highest BCUT2D eigenvalue weighted by Gasteiger charge is 2.10. The lowest BCUT2D eigenvalue weighted by molar-refractivity contribution is -0.114. The van der Waals surface area contributed by atoms with E-state index in [-0.39, 0.29) is 5.83 Å². The molecule has 0 aromatic rings. The molecule has 3 heteroatoms. The fraction of sp³-hybridized carbons (Fsp3) is 0.438. The van der Waals surface area contributed by atoms with Gasteiger partial charge in [0.05, 0.1) is 0 Å². The Morgan fingerprint density at radius 2 is 1.89 bits per heavy atom. The molecule has 0 spiro atoms. The molecule has 0 aromatic heterocycles. The van der Waals surface area contributed by atoms with Gasteiger partial charge in [0.15, 0.2) is 0 Å². The zero-order valence-corrected chi connectivity index (χ0v) is 12.3. The maximum absolute atomic E-state index is 13.5. The van der Waals surface area contributed by atoms with Crippen LogP contribution in [0.25, 0.3) is 0 Å². The molecule has 0 fully saturated rings. The van der Waals surface area contributed by atoms with E-state index >= 15 is 0 Å². The van der Waals surface area contributed by atoms with Gasteiger partial charge in [0.2, 0.25) is 5.91 Å². The number of nitrogens with two attached hydrogens (primary N) is 1. The second-order valence-electron chi connectivity index (χ2n) is 4.39. The molecule has 0 aliphatic heterocycles. The number of carbonyl (C=O) groups excluding carboxylic acids is 1. The highest BCUT2D eigenvalue weighted by molar-refractivity contribution is 5.97. The number of primary amides is 1. The van der Waals surface area contributed by atoms with E-state index in [4.69, 9.17) is 5.73 Å². The molecule has 0 atom stereocenters. The fourth-order valence-electron chi connectivity index (χ4n) is 1.45. The van der Waals surface area contributed by atoms with Crippen molar-refractivity contribution in [2.75, 3.05) is 0 Å². The van der Waals surface area contributed by atoms with Gasteiger partial charge in [-0.05, 0) is 38.3 Å². The van der Waals surface area contributed by atoms with Crippen LogP contribution in [0.3, 0.4) is 0 Å².